The Bertz CT molecular complexity index is 916. The number of carboxylic acid groups (broad SMARTS) is 1. The quantitative estimate of drug-likeness (QED) is 0.662. The number of nitrogens with one attached hydrogen (secondary N) is 1. The van der Waals surface area contributed by atoms with Crippen LogP contribution in [0.15, 0.2) is 48.5 Å². The van der Waals surface area contributed by atoms with Crippen molar-refractivity contribution in [3.05, 3.63) is 59.7 Å². The molecule has 0 unspecified atom stereocenters. The average Bonchev–Trinajstić information content (AvgIpc) is 2.96. The predicted molar refractivity (Wildman–Crippen MR) is 107 cm³/mol. The Morgan fingerprint density at radius 1 is 1.07 bits per heavy atom. The largest absolute Gasteiger partial charge is 0.480 e. The Kier molecular flexibility index (Phi) is 6.03. The van der Waals surface area contributed by atoms with Crippen molar-refractivity contribution >= 4 is 23.8 Å². The zero-order valence-corrected chi connectivity index (χ0v) is 17.0. The highest BCUT2D eigenvalue weighted by molar-refractivity contribution is 8.01. The molecule has 1 aliphatic rings. The first-order valence-corrected chi connectivity index (χ1v) is 9.92. The van der Waals surface area contributed by atoms with Crippen molar-refractivity contribution in [3.8, 4) is 11.1 Å². The van der Waals surface area contributed by atoms with Gasteiger partial charge in [-0.25, -0.2) is 9.59 Å². The molecule has 30 heavy (non-hydrogen) atoms. The van der Waals surface area contributed by atoms with Crippen LogP contribution in [0.1, 0.15) is 30.9 Å². The number of carbonyl (C=O) groups excluding carboxylic acids is 1. The summed E-state index contributed by atoms with van der Waals surface area (Å²) in [5.74, 6) is -1.82. The number of amides is 1. The number of ether oxygens (including phenoxy) is 1. The molecule has 2 aromatic carbocycles. The molecule has 1 atom stereocenters. The van der Waals surface area contributed by atoms with Crippen LogP contribution in [0.25, 0.3) is 11.1 Å². The van der Waals surface area contributed by atoms with Crippen molar-refractivity contribution in [2.45, 2.75) is 36.1 Å². The maximum Gasteiger partial charge on any atom is 0.442 e. The van der Waals surface area contributed by atoms with Crippen molar-refractivity contribution in [2.75, 3.05) is 6.61 Å². The predicted octanol–water partition coefficient (Wildman–Crippen LogP) is 5.01. The van der Waals surface area contributed by atoms with E-state index in [1.54, 1.807) is 0 Å². The summed E-state index contributed by atoms with van der Waals surface area (Å²) in [6.45, 7) is 2.14. The molecule has 2 N–H and O–H groups in total. The lowest BCUT2D eigenvalue weighted by molar-refractivity contribution is -0.140. The highest BCUT2D eigenvalue weighted by Crippen LogP contribution is 2.45. The van der Waals surface area contributed by atoms with Gasteiger partial charge in [-0.3, -0.25) is 0 Å². The summed E-state index contributed by atoms with van der Waals surface area (Å²) in [5.41, 5.74) is -0.676. The molecular formula is C21H20F3NO4S. The number of rotatable bonds is 6. The van der Waals surface area contributed by atoms with Gasteiger partial charge < -0.3 is 15.2 Å². The summed E-state index contributed by atoms with van der Waals surface area (Å²) in [4.78, 5) is 23.8. The molecule has 3 rings (SSSR count). The van der Waals surface area contributed by atoms with Gasteiger partial charge in [-0.05, 0) is 47.9 Å². The van der Waals surface area contributed by atoms with Crippen LogP contribution in [0.3, 0.4) is 0 Å². The number of carbonyl (C=O) groups is 2. The molecular weight excluding hydrogens is 419 g/mol. The first kappa shape index (κ1) is 22.0. The van der Waals surface area contributed by atoms with Crippen LogP contribution in [0.5, 0.6) is 0 Å². The molecule has 9 heteroatoms. The Hall–Kier alpha value is -2.68. The third kappa shape index (κ3) is 4.72. The van der Waals surface area contributed by atoms with Crippen LogP contribution in [-0.4, -0.2) is 40.1 Å². The van der Waals surface area contributed by atoms with Gasteiger partial charge in [0.1, 0.15) is 12.6 Å². The van der Waals surface area contributed by atoms with E-state index in [0.717, 1.165) is 36.1 Å². The lowest BCUT2D eigenvalue weighted by Crippen LogP contribution is -2.53. The van der Waals surface area contributed by atoms with Crippen LogP contribution in [0.2, 0.25) is 0 Å². The topological polar surface area (TPSA) is 75.6 Å². The standard InChI is InChI=1S/C21H20F3NO4S/c1-20(2,30-21(22,23)24)17(18(26)27)25-19(28)29-11-16-14-9-5-3-7-12(14)13-8-4-6-10-15(13)16/h3-10,16-17H,11H2,1-2H3,(H,25,28)(H,26,27)/t17-/m1/s1. The SMILES string of the molecule is CC(C)(SC(F)(F)F)[C@H](NC(=O)OCC1c2ccccc2-c2ccccc21)C(=O)O. The molecule has 2 aromatic rings. The number of alkyl carbamates (subject to hydrolysis) is 1. The fraction of sp³-hybridized carbons (Fsp3) is 0.333. The minimum atomic E-state index is -4.65. The molecule has 0 fully saturated rings. The molecule has 0 bridgehead atoms. The van der Waals surface area contributed by atoms with Gasteiger partial charge in [0.2, 0.25) is 0 Å². The fourth-order valence-electron chi connectivity index (χ4n) is 3.65. The summed E-state index contributed by atoms with van der Waals surface area (Å²) in [7, 11) is 0. The molecule has 0 aromatic heterocycles. The first-order valence-electron chi connectivity index (χ1n) is 9.11. The summed E-state index contributed by atoms with van der Waals surface area (Å²) >= 11 is -0.489. The zero-order chi connectivity index (χ0) is 22.1. The smallest absolute Gasteiger partial charge is 0.442 e. The first-order chi connectivity index (χ1) is 14.0. The van der Waals surface area contributed by atoms with Crippen molar-refractivity contribution in [1.82, 2.24) is 5.32 Å². The van der Waals surface area contributed by atoms with Gasteiger partial charge in [0.15, 0.2) is 0 Å². The van der Waals surface area contributed by atoms with Crippen LogP contribution >= 0.6 is 11.8 Å². The van der Waals surface area contributed by atoms with E-state index in [4.69, 9.17) is 4.74 Å². The minimum absolute atomic E-state index is 0.0704. The van der Waals surface area contributed by atoms with Gasteiger partial charge in [0, 0.05) is 5.92 Å². The summed E-state index contributed by atoms with van der Waals surface area (Å²) in [6, 6.07) is 13.5. The van der Waals surface area contributed by atoms with Gasteiger partial charge in [0.05, 0.1) is 4.75 Å². The van der Waals surface area contributed by atoms with Crippen molar-refractivity contribution in [3.63, 3.8) is 0 Å². The third-order valence-corrected chi connectivity index (χ3v) is 5.92. The van der Waals surface area contributed by atoms with Crippen molar-refractivity contribution in [1.29, 1.82) is 0 Å². The highest BCUT2D eigenvalue weighted by atomic mass is 32.2. The molecule has 0 saturated heterocycles. The van der Waals surface area contributed by atoms with Gasteiger partial charge in [0.25, 0.3) is 0 Å². The van der Waals surface area contributed by atoms with E-state index >= 15 is 0 Å². The Morgan fingerprint density at radius 2 is 1.57 bits per heavy atom. The number of carboxylic acids is 1. The van der Waals surface area contributed by atoms with E-state index in [0.29, 0.717) is 0 Å². The summed E-state index contributed by atoms with van der Waals surface area (Å²) in [5, 5.41) is 11.4. The second kappa shape index (κ2) is 8.22. The molecule has 0 aliphatic heterocycles. The number of fused-ring (bicyclic) bond motifs is 3. The van der Waals surface area contributed by atoms with E-state index in [1.807, 2.05) is 48.5 Å². The second-order valence-electron chi connectivity index (χ2n) is 7.39. The van der Waals surface area contributed by atoms with Crippen LogP contribution in [-0.2, 0) is 9.53 Å². The Balaban J connectivity index is 1.72. The summed E-state index contributed by atoms with van der Waals surface area (Å²) < 4.78 is 41.7. The van der Waals surface area contributed by atoms with E-state index in [-0.39, 0.29) is 12.5 Å². The molecule has 1 aliphatic carbocycles. The zero-order valence-electron chi connectivity index (χ0n) is 16.2. The van der Waals surface area contributed by atoms with Crippen LogP contribution in [0.4, 0.5) is 18.0 Å². The lowest BCUT2D eigenvalue weighted by atomic mass is 9.98. The lowest BCUT2D eigenvalue weighted by Gasteiger charge is -2.31. The van der Waals surface area contributed by atoms with Gasteiger partial charge in [-0.2, -0.15) is 13.2 Å². The Labute approximate surface area is 175 Å². The minimum Gasteiger partial charge on any atom is -0.480 e. The van der Waals surface area contributed by atoms with Gasteiger partial charge >= 0.3 is 17.6 Å². The van der Waals surface area contributed by atoms with Crippen LogP contribution < -0.4 is 5.32 Å². The molecule has 0 spiro atoms. The fourth-order valence-corrected chi connectivity index (χ4v) is 4.52. The van der Waals surface area contributed by atoms with Gasteiger partial charge in [-0.15, -0.1) is 0 Å². The molecule has 0 heterocycles. The number of hydrogen-bond donors (Lipinski definition) is 2. The molecule has 0 radical (unpaired) electrons. The van der Waals surface area contributed by atoms with Crippen molar-refractivity contribution in [2.24, 2.45) is 0 Å². The molecule has 1 amide bonds. The number of alkyl halides is 3. The van der Waals surface area contributed by atoms with Crippen LogP contribution in [0, 0.1) is 0 Å². The maximum atomic E-state index is 12.8. The van der Waals surface area contributed by atoms with E-state index in [2.05, 4.69) is 5.32 Å². The normalized spacial score (nSPS) is 14.6. The maximum absolute atomic E-state index is 12.8. The summed E-state index contributed by atoms with van der Waals surface area (Å²) in [6.07, 6.45) is -1.08. The van der Waals surface area contributed by atoms with Gasteiger partial charge in [-0.1, -0.05) is 48.5 Å². The molecule has 5 nitrogen and oxygen atoms in total. The van der Waals surface area contributed by atoms with Crippen molar-refractivity contribution < 1.29 is 32.6 Å². The molecule has 160 valence electrons. The number of thioether (sulfide) groups is 1. The number of halogens is 3. The van der Waals surface area contributed by atoms with E-state index < -0.39 is 40.1 Å². The number of aliphatic carboxylic acids is 1. The number of hydrogen-bond acceptors (Lipinski definition) is 4. The second-order valence-corrected chi connectivity index (χ2v) is 9.11. The third-order valence-electron chi connectivity index (χ3n) is 4.93. The monoisotopic (exact) mass is 439 g/mol. The Morgan fingerprint density at radius 3 is 2.03 bits per heavy atom. The molecule has 0 saturated carbocycles. The number of benzene rings is 2. The highest BCUT2D eigenvalue weighted by Gasteiger charge is 2.46. The van der Waals surface area contributed by atoms with E-state index in [9.17, 15) is 27.9 Å². The van der Waals surface area contributed by atoms with E-state index in [1.165, 1.54) is 0 Å². The average molecular weight is 439 g/mol.